The van der Waals surface area contributed by atoms with E-state index in [1.807, 2.05) is 43.7 Å². The number of hydrogen-bond donors (Lipinski definition) is 2. The second-order valence-corrected chi connectivity index (χ2v) is 9.08. The Kier molecular flexibility index (Phi) is 5.57. The van der Waals surface area contributed by atoms with Gasteiger partial charge in [0.25, 0.3) is 0 Å². The molecule has 0 bridgehead atoms. The number of carbonyl (C=O) groups is 2. The molecule has 37 heavy (non-hydrogen) atoms. The molecule has 2 aliphatic rings. The summed E-state index contributed by atoms with van der Waals surface area (Å²) in [6.45, 7) is 1.02. The fourth-order valence-electron chi connectivity index (χ4n) is 4.35. The number of carboxylic acid groups (broad SMARTS) is 1. The lowest BCUT2D eigenvalue weighted by atomic mass is 10.1. The molecule has 4 aromatic rings. The van der Waals surface area contributed by atoms with Crippen LogP contribution in [-0.4, -0.2) is 72.2 Å². The van der Waals surface area contributed by atoms with Crippen LogP contribution in [0.4, 0.5) is 10.5 Å². The Labute approximate surface area is 211 Å². The summed E-state index contributed by atoms with van der Waals surface area (Å²) in [7, 11) is 1.83. The predicted molar refractivity (Wildman–Crippen MR) is 134 cm³/mol. The fourth-order valence-corrected chi connectivity index (χ4v) is 4.35. The van der Waals surface area contributed by atoms with Gasteiger partial charge in [-0.3, -0.25) is 24.2 Å². The minimum absolute atomic E-state index is 0.0401. The summed E-state index contributed by atoms with van der Waals surface area (Å²) in [5, 5.41) is 20.3. The number of ether oxygens (including phenoxy) is 1. The molecule has 1 saturated heterocycles. The van der Waals surface area contributed by atoms with E-state index in [0.29, 0.717) is 18.8 Å². The number of aryl methyl sites for hydroxylation is 1. The lowest BCUT2D eigenvalue weighted by Gasteiger charge is -2.36. The van der Waals surface area contributed by atoms with Crippen LogP contribution >= 0.6 is 0 Å². The second-order valence-electron chi connectivity index (χ2n) is 9.08. The van der Waals surface area contributed by atoms with Gasteiger partial charge in [-0.15, -0.1) is 0 Å². The Bertz CT molecular complexity index is 1520. The Morgan fingerprint density at radius 3 is 2.78 bits per heavy atom. The zero-order valence-corrected chi connectivity index (χ0v) is 19.9. The number of nitrogens with zero attached hydrogens (tertiary/aromatic N) is 7. The van der Waals surface area contributed by atoms with Crippen LogP contribution in [-0.2, 0) is 11.8 Å². The number of fused-ring (bicyclic) bond motifs is 1. The maximum absolute atomic E-state index is 12.4. The molecule has 12 heteroatoms. The highest BCUT2D eigenvalue weighted by molar-refractivity contribution is 5.96. The average molecular weight is 501 g/mol. The van der Waals surface area contributed by atoms with Gasteiger partial charge in [-0.25, -0.2) is 10.2 Å². The summed E-state index contributed by atoms with van der Waals surface area (Å²) in [5.74, 6) is 0.558. The van der Waals surface area contributed by atoms with Crippen LogP contribution in [0.2, 0.25) is 0 Å². The lowest BCUT2D eigenvalue weighted by molar-refractivity contribution is -0.117. The zero-order chi connectivity index (χ0) is 25.5. The first kappa shape index (κ1) is 22.7. The van der Waals surface area contributed by atoms with Gasteiger partial charge in [-0.1, -0.05) is 0 Å². The topological polar surface area (TPSA) is 131 Å². The van der Waals surface area contributed by atoms with E-state index in [0.717, 1.165) is 27.7 Å². The number of anilines is 1. The Balaban J connectivity index is 1.14. The Morgan fingerprint density at radius 2 is 2.00 bits per heavy atom. The van der Waals surface area contributed by atoms with Gasteiger partial charge in [-0.05, 0) is 24.3 Å². The van der Waals surface area contributed by atoms with Gasteiger partial charge >= 0.3 is 6.09 Å². The number of hydrazine groups is 1. The van der Waals surface area contributed by atoms with Crippen LogP contribution in [0.3, 0.4) is 0 Å². The first-order chi connectivity index (χ1) is 17.9. The molecule has 12 nitrogen and oxygen atoms in total. The zero-order valence-electron chi connectivity index (χ0n) is 19.9. The molecule has 1 unspecified atom stereocenters. The van der Waals surface area contributed by atoms with Crippen molar-refractivity contribution in [2.24, 2.45) is 7.05 Å². The van der Waals surface area contributed by atoms with Crippen molar-refractivity contribution < 1.29 is 19.4 Å². The molecule has 1 amide bonds. The number of ketones is 1. The number of pyridine rings is 1. The van der Waals surface area contributed by atoms with Crippen molar-refractivity contribution in [3.8, 4) is 16.9 Å². The highest BCUT2D eigenvalue weighted by Gasteiger charge is 2.32. The van der Waals surface area contributed by atoms with E-state index in [2.05, 4.69) is 20.6 Å². The smallest absolute Gasteiger partial charge is 0.407 e. The molecule has 1 atom stereocenters. The van der Waals surface area contributed by atoms with Gasteiger partial charge in [0.1, 0.15) is 18.4 Å². The van der Waals surface area contributed by atoms with Crippen LogP contribution in [0, 0.1) is 0 Å². The van der Waals surface area contributed by atoms with Gasteiger partial charge in [0.2, 0.25) is 0 Å². The summed E-state index contributed by atoms with van der Waals surface area (Å²) < 4.78 is 9.48. The quantitative estimate of drug-likeness (QED) is 0.409. The van der Waals surface area contributed by atoms with Gasteiger partial charge < -0.3 is 14.7 Å². The third-order valence-corrected chi connectivity index (χ3v) is 6.51. The number of amides is 1. The fraction of sp³-hybridized carbons (Fsp3) is 0.240. The Morgan fingerprint density at radius 1 is 1.14 bits per heavy atom. The largest absolute Gasteiger partial charge is 0.491 e. The van der Waals surface area contributed by atoms with Crippen LogP contribution in [0.5, 0.6) is 5.75 Å². The van der Waals surface area contributed by atoms with Crippen molar-refractivity contribution in [2.45, 2.75) is 12.1 Å². The molecule has 5 heterocycles. The number of likely N-dealkylation sites (tertiary alicyclic amines) is 1. The number of aromatic nitrogens is 5. The van der Waals surface area contributed by atoms with Crippen molar-refractivity contribution >= 4 is 28.5 Å². The van der Waals surface area contributed by atoms with Gasteiger partial charge in [-0.2, -0.15) is 10.2 Å². The lowest BCUT2D eigenvalue weighted by Crippen LogP contribution is -2.51. The van der Waals surface area contributed by atoms with Crippen molar-refractivity contribution in [3.63, 3.8) is 0 Å². The van der Waals surface area contributed by atoms with Crippen LogP contribution in [0.1, 0.15) is 6.04 Å². The highest BCUT2D eigenvalue weighted by Crippen LogP contribution is 2.28. The van der Waals surface area contributed by atoms with Crippen molar-refractivity contribution in [2.75, 3.05) is 24.7 Å². The van der Waals surface area contributed by atoms with Crippen molar-refractivity contribution in [1.82, 2.24) is 34.9 Å². The van der Waals surface area contributed by atoms with E-state index in [1.54, 1.807) is 39.2 Å². The van der Waals surface area contributed by atoms with E-state index in [9.17, 15) is 9.59 Å². The maximum Gasteiger partial charge on any atom is 0.407 e. The minimum atomic E-state index is -0.911. The number of carbonyl (C=O) groups excluding carboxylic acids is 1. The molecule has 0 spiro atoms. The van der Waals surface area contributed by atoms with Crippen LogP contribution < -0.4 is 15.2 Å². The van der Waals surface area contributed by atoms with E-state index in [4.69, 9.17) is 9.84 Å². The molecule has 3 aromatic heterocycles. The molecule has 6 rings (SSSR count). The highest BCUT2D eigenvalue weighted by atomic mass is 16.5. The molecule has 1 fully saturated rings. The Hall–Kier alpha value is -4.71. The molecular weight excluding hydrogens is 476 g/mol. The molecule has 188 valence electrons. The summed E-state index contributed by atoms with van der Waals surface area (Å²) in [5.41, 5.74) is 6.59. The molecule has 2 N–H and O–H groups in total. The predicted octanol–water partition coefficient (Wildman–Crippen LogP) is 2.22. The molecule has 0 radical (unpaired) electrons. The standard InChI is InChI=1S/C25H24N8O4/c1-30-12-19(10-27-30)32-5-4-24(34)23(29-32)15-37-21-2-3-22-16(7-21)6-17(8-26-22)18-9-28-33(11-18)20-13-31(14-20)25(35)36/h2-12,20,23,29H,13-15H2,1H3,(H,35,36). The monoisotopic (exact) mass is 500 g/mol. The number of benzene rings is 1. The summed E-state index contributed by atoms with van der Waals surface area (Å²) in [6, 6.07) is 7.12. The second kappa shape index (κ2) is 9.06. The molecular formula is C25H24N8O4. The van der Waals surface area contributed by atoms with Crippen molar-refractivity contribution in [1.29, 1.82) is 0 Å². The number of hydrogen-bond acceptors (Lipinski definition) is 8. The SMILES string of the molecule is Cn1cc(N2C=CC(=O)C(COc3ccc4ncc(-c5cnn(C6CN(C(=O)O)C6)c5)cc4c3)N2)cn1. The normalized spacial score (nSPS) is 17.9. The van der Waals surface area contributed by atoms with Crippen molar-refractivity contribution in [3.05, 3.63) is 67.5 Å². The van der Waals surface area contributed by atoms with Gasteiger partial charge in [0, 0.05) is 67.5 Å². The summed E-state index contributed by atoms with van der Waals surface area (Å²) in [4.78, 5) is 29.3. The van der Waals surface area contributed by atoms with E-state index in [1.165, 1.54) is 11.0 Å². The molecule has 0 aliphatic carbocycles. The van der Waals surface area contributed by atoms with Crippen LogP contribution in [0.15, 0.2) is 67.5 Å². The maximum atomic E-state index is 12.4. The van der Waals surface area contributed by atoms with Gasteiger partial charge in [0.15, 0.2) is 5.78 Å². The first-order valence-corrected chi connectivity index (χ1v) is 11.7. The number of nitrogens with one attached hydrogen (secondary N) is 1. The third kappa shape index (κ3) is 4.49. The summed E-state index contributed by atoms with van der Waals surface area (Å²) in [6.07, 6.45) is 11.3. The van der Waals surface area contributed by atoms with E-state index < -0.39 is 12.1 Å². The van der Waals surface area contributed by atoms with E-state index >= 15 is 0 Å². The summed E-state index contributed by atoms with van der Waals surface area (Å²) >= 11 is 0. The minimum Gasteiger partial charge on any atom is -0.491 e. The first-order valence-electron chi connectivity index (χ1n) is 11.7. The van der Waals surface area contributed by atoms with E-state index in [-0.39, 0.29) is 18.4 Å². The van der Waals surface area contributed by atoms with Crippen LogP contribution in [0.25, 0.3) is 22.0 Å². The number of rotatable bonds is 6. The third-order valence-electron chi connectivity index (χ3n) is 6.51. The molecule has 2 aliphatic heterocycles. The molecule has 0 saturated carbocycles. The van der Waals surface area contributed by atoms with Gasteiger partial charge in [0.05, 0.1) is 29.6 Å². The average Bonchev–Trinajstić information content (AvgIpc) is 3.51. The molecule has 1 aromatic carbocycles.